The monoisotopic (exact) mass is 407 g/mol. The zero-order chi connectivity index (χ0) is 19.6. The molecule has 0 saturated heterocycles. The van der Waals surface area contributed by atoms with Crippen LogP contribution in [0.3, 0.4) is 0 Å². The molecule has 27 heavy (non-hydrogen) atoms. The summed E-state index contributed by atoms with van der Waals surface area (Å²) in [5.74, 6) is 0.797. The number of carbonyl (C=O) groups is 1. The number of aliphatic imine (C=N–C) groups is 1. The smallest absolute Gasteiger partial charge is 0.363 e. The minimum atomic E-state index is -0.593. The molecule has 0 unspecified atom stereocenters. The van der Waals surface area contributed by atoms with Crippen molar-refractivity contribution in [3.05, 3.63) is 57.2 Å². The topological polar surface area (TPSA) is 66.4 Å². The summed E-state index contributed by atoms with van der Waals surface area (Å²) in [6, 6.07) is 8.23. The highest BCUT2D eigenvalue weighted by Crippen LogP contribution is 2.39. The van der Waals surface area contributed by atoms with E-state index in [1.54, 1.807) is 30.3 Å². The third-order valence-electron chi connectivity index (χ3n) is 3.79. The third-order valence-corrected chi connectivity index (χ3v) is 4.35. The molecule has 0 aliphatic carbocycles. The lowest BCUT2D eigenvalue weighted by molar-refractivity contribution is -0.129. The highest BCUT2D eigenvalue weighted by atomic mass is 35.5. The number of nitrogens with zero attached hydrogens (tertiary/aromatic N) is 1. The Morgan fingerprint density at radius 3 is 2.22 bits per heavy atom. The largest absolute Gasteiger partial charge is 0.493 e. The van der Waals surface area contributed by atoms with Gasteiger partial charge in [0.1, 0.15) is 0 Å². The maximum Gasteiger partial charge on any atom is 0.363 e. The number of ether oxygens (including phenoxy) is 4. The predicted octanol–water partition coefficient (Wildman–Crippen LogP) is 4.36. The first-order valence-corrected chi connectivity index (χ1v) is 8.50. The molecular formula is C19H15Cl2NO5. The van der Waals surface area contributed by atoms with Crippen molar-refractivity contribution >= 4 is 41.1 Å². The van der Waals surface area contributed by atoms with E-state index in [1.807, 2.05) is 0 Å². The minimum absolute atomic E-state index is 0.114. The van der Waals surface area contributed by atoms with Crippen molar-refractivity contribution < 1.29 is 23.7 Å². The fourth-order valence-corrected chi connectivity index (χ4v) is 2.97. The fraction of sp³-hybridized carbons (Fsp3) is 0.158. The number of esters is 1. The quantitative estimate of drug-likeness (QED) is 0.543. The fourth-order valence-electron chi connectivity index (χ4n) is 2.50. The van der Waals surface area contributed by atoms with Gasteiger partial charge in [-0.3, -0.25) is 0 Å². The standard InChI is InChI=1S/C19H15Cl2NO5/c1-24-15-7-11(8-16(25-2)17(15)26-3)18-22-14(19(23)27-18)6-10-4-5-12(20)9-13(10)21/h4-9H,1-3H3/b14-6+. The number of cyclic esters (lactones) is 1. The summed E-state index contributed by atoms with van der Waals surface area (Å²) >= 11 is 12.0. The van der Waals surface area contributed by atoms with E-state index in [4.69, 9.17) is 42.1 Å². The van der Waals surface area contributed by atoms with Gasteiger partial charge in [-0.15, -0.1) is 0 Å². The van der Waals surface area contributed by atoms with Crippen LogP contribution in [0.2, 0.25) is 10.0 Å². The molecule has 3 rings (SSSR count). The Bertz CT molecular complexity index is 944. The van der Waals surface area contributed by atoms with Crippen LogP contribution in [0.5, 0.6) is 17.2 Å². The van der Waals surface area contributed by atoms with Gasteiger partial charge in [0, 0.05) is 15.6 Å². The van der Waals surface area contributed by atoms with Crippen molar-refractivity contribution in [3.8, 4) is 17.2 Å². The van der Waals surface area contributed by atoms with Gasteiger partial charge >= 0.3 is 5.97 Å². The van der Waals surface area contributed by atoms with E-state index in [2.05, 4.69) is 4.99 Å². The van der Waals surface area contributed by atoms with Crippen LogP contribution in [-0.4, -0.2) is 33.2 Å². The van der Waals surface area contributed by atoms with Crippen LogP contribution in [0.1, 0.15) is 11.1 Å². The Kier molecular flexibility index (Phi) is 5.58. The van der Waals surface area contributed by atoms with Gasteiger partial charge < -0.3 is 18.9 Å². The number of hydrogen-bond donors (Lipinski definition) is 0. The molecule has 2 aromatic carbocycles. The van der Waals surface area contributed by atoms with E-state index in [-0.39, 0.29) is 11.6 Å². The summed E-state index contributed by atoms with van der Waals surface area (Å²) in [4.78, 5) is 16.5. The summed E-state index contributed by atoms with van der Waals surface area (Å²) in [6.45, 7) is 0. The average molecular weight is 408 g/mol. The second-order valence-corrected chi connectivity index (χ2v) is 6.26. The van der Waals surface area contributed by atoms with Crippen molar-refractivity contribution in [2.75, 3.05) is 21.3 Å². The molecule has 0 amide bonds. The van der Waals surface area contributed by atoms with Crippen LogP contribution in [0.15, 0.2) is 41.0 Å². The Hall–Kier alpha value is -2.70. The van der Waals surface area contributed by atoms with Crippen LogP contribution in [0, 0.1) is 0 Å². The second kappa shape index (κ2) is 7.90. The maximum absolute atomic E-state index is 12.2. The Labute approximate surface area is 165 Å². The SMILES string of the molecule is COc1cc(C2=N/C(=C/c3ccc(Cl)cc3Cl)C(=O)O2)cc(OC)c1OC. The normalized spacial score (nSPS) is 14.8. The van der Waals surface area contributed by atoms with Gasteiger partial charge in [-0.05, 0) is 35.9 Å². The molecule has 140 valence electrons. The summed E-state index contributed by atoms with van der Waals surface area (Å²) in [5, 5.41) is 0.900. The van der Waals surface area contributed by atoms with E-state index in [0.717, 1.165) is 0 Å². The molecule has 0 atom stereocenters. The molecule has 0 saturated carbocycles. The van der Waals surface area contributed by atoms with Crippen LogP contribution in [0.4, 0.5) is 0 Å². The zero-order valence-corrected chi connectivity index (χ0v) is 16.2. The van der Waals surface area contributed by atoms with Gasteiger partial charge in [-0.2, -0.15) is 0 Å². The number of methoxy groups -OCH3 is 3. The third kappa shape index (κ3) is 3.86. The number of rotatable bonds is 5. The number of benzene rings is 2. The summed E-state index contributed by atoms with van der Waals surface area (Å²) in [7, 11) is 4.50. The zero-order valence-electron chi connectivity index (χ0n) is 14.7. The summed E-state index contributed by atoms with van der Waals surface area (Å²) < 4.78 is 21.2. The Morgan fingerprint density at radius 1 is 1.00 bits per heavy atom. The molecule has 1 aliphatic heterocycles. The van der Waals surface area contributed by atoms with Crippen LogP contribution >= 0.6 is 23.2 Å². The molecule has 1 aliphatic rings. The van der Waals surface area contributed by atoms with Gasteiger partial charge in [0.05, 0.1) is 21.3 Å². The number of halogens is 2. The summed E-state index contributed by atoms with van der Waals surface area (Å²) in [5.41, 5.74) is 1.22. The molecule has 0 spiro atoms. The van der Waals surface area contributed by atoms with Gasteiger partial charge in [0.2, 0.25) is 11.6 Å². The number of hydrogen-bond acceptors (Lipinski definition) is 6. The van der Waals surface area contributed by atoms with Gasteiger partial charge in [-0.25, -0.2) is 9.79 Å². The van der Waals surface area contributed by atoms with Crippen molar-refractivity contribution in [1.82, 2.24) is 0 Å². The first-order chi connectivity index (χ1) is 13.0. The van der Waals surface area contributed by atoms with Crippen molar-refractivity contribution in [3.63, 3.8) is 0 Å². The molecule has 8 heteroatoms. The van der Waals surface area contributed by atoms with Crippen LogP contribution in [0.25, 0.3) is 6.08 Å². The van der Waals surface area contributed by atoms with E-state index in [1.165, 1.54) is 27.4 Å². The molecule has 2 aromatic rings. The highest BCUT2D eigenvalue weighted by Gasteiger charge is 2.26. The molecular weight excluding hydrogens is 393 g/mol. The molecule has 0 fully saturated rings. The van der Waals surface area contributed by atoms with Gasteiger partial charge in [0.15, 0.2) is 17.2 Å². The average Bonchev–Trinajstić information content (AvgIpc) is 3.03. The molecule has 0 radical (unpaired) electrons. The van der Waals surface area contributed by atoms with E-state index in [9.17, 15) is 4.79 Å². The molecule has 0 N–H and O–H groups in total. The van der Waals surface area contributed by atoms with Gasteiger partial charge in [-0.1, -0.05) is 29.3 Å². The molecule has 0 aromatic heterocycles. The first kappa shape index (κ1) is 19.1. The van der Waals surface area contributed by atoms with Crippen molar-refractivity contribution in [2.45, 2.75) is 0 Å². The van der Waals surface area contributed by atoms with E-state index in [0.29, 0.717) is 38.4 Å². The highest BCUT2D eigenvalue weighted by molar-refractivity contribution is 6.35. The molecule has 1 heterocycles. The lowest BCUT2D eigenvalue weighted by Crippen LogP contribution is -2.06. The van der Waals surface area contributed by atoms with Crippen LogP contribution in [-0.2, 0) is 9.53 Å². The minimum Gasteiger partial charge on any atom is -0.493 e. The van der Waals surface area contributed by atoms with Crippen molar-refractivity contribution in [1.29, 1.82) is 0 Å². The summed E-state index contributed by atoms with van der Waals surface area (Å²) in [6.07, 6.45) is 1.53. The van der Waals surface area contributed by atoms with E-state index < -0.39 is 5.97 Å². The van der Waals surface area contributed by atoms with Gasteiger partial charge in [0.25, 0.3) is 0 Å². The Morgan fingerprint density at radius 2 is 1.67 bits per heavy atom. The predicted molar refractivity (Wildman–Crippen MR) is 103 cm³/mol. The number of carbonyl (C=O) groups excluding carboxylic acids is 1. The van der Waals surface area contributed by atoms with Crippen molar-refractivity contribution in [2.24, 2.45) is 4.99 Å². The lowest BCUT2D eigenvalue weighted by atomic mass is 10.1. The molecule has 0 bridgehead atoms. The maximum atomic E-state index is 12.2. The van der Waals surface area contributed by atoms with Crippen LogP contribution < -0.4 is 14.2 Å². The second-order valence-electron chi connectivity index (χ2n) is 5.42. The lowest BCUT2D eigenvalue weighted by Gasteiger charge is -2.13. The van der Waals surface area contributed by atoms with E-state index >= 15 is 0 Å². The first-order valence-electron chi connectivity index (χ1n) is 7.74. The Balaban J connectivity index is 2.02. The molecule has 6 nitrogen and oxygen atoms in total.